The summed E-state index contributed by atoms with van der Waals surface area (Å²) >= 11 is 0. The smallest absolute Gasteiger partial charge is 0.152 e. The van der Waals surface area contributed by atoms with Gasteiger partial charge in [-0.05, 0) is 39.0 Å². The second kappa shape index (κ2) is 5.25. The number of hydrogen-bond donors (Lipinski definition) is 1. The molecule has 2 heterocycles. The first-order valence-corrected chi connectivity index (χ1v) is 9.86. The Morgan fingerprint density at radius 1 is 1.15 bits per heavy atom. The van der Waals surface area contributed by atoms with Crippen LogP contribution >= 0.6 is 0 Å². The first-order chi connectivity index (χ1) is 9.41. The second-order valence-electron chi connectivity index (χ2n) is 7.31. The summed E-state index contributed by atoms with van der Waals surface area (Å²) < 4.78 is 29.6. The normalized spacial score (nSPS) is 39.4. The van der Waals surface area contributed by atoms with E-state index in [1.165, 1.54) is 38.5 Å². The highest BCUT2D eigenvalue weighted by Crippen LogP contribution is 2.41. The molecule has 1 spiro atoms. The van der Waals surface area contributed by atoms with E-state index < -0.39 is 9.84 Å². The van der Waals surface area contributed by atoms with Gasteiger partial charge in [-0.25, -0.2) is 8.42 Å². The van der Waals surface area contributed by atoms with Crippen LogP contribution in [0.25, 0.3) is 0 Å². The Bertz CT molecular complexity index is 456. The molecule has 2 atom stereocenters. The van der Waals surface area contributed by atoms with Gasteiger partial charge in [0.1, 0.15) is 0 Å². The third-order valence-electron chi connectivity index (χ3n) is 5.36. The molecule has 2 unspecified atom stereocenters. The Morgan fingerprint density at radius 2 is 1.90 bits per heavy atom. The van der Waals surface area contributed by atoms with Crippen LogP contribution in [0.15, 0.2) is 0 Å². The quantitative estimate of drug-likeness (QED) is 0.866. The van der Waals surface area contributed by atoms with Crippen molar-refractivity contribution >= 4 is 9.84 Å². The highest BCUT2D eigenvalue weighted by Gasteiger charge is 2.42. The molecule has 0 amide bonds. The van der Waals surface area contributed by atoms with E-state index in [0.717, 1.165) is 19.4 Å². The van der Waals surface area contributed by atoms with Crippen molar-refractivity contribution < 1.29 is 13.2 Å². The minimum Gasteiger partial charge on any atom is -0.370 e. The Morgan fingerprint density at radius 3 is 2.55 bits per heavy atom. The highest BCUT2D eigenvalue weighted by atomic mass is 32.2. The molecule has 5 heteroatoms. The maximum Gasteiger partial charge on any atom is 0.152 e. The fraction of sp³-hybridized carbons (Fsp3) is 1.00. The van der Waals surface area contributed by atoms with Crippen molar-refractivity contribution in [3.05, 3.63) is 0 Å². The van der Waals surface area contributed by atoms with Gasteiger partial charge in [0.2, 0.25) is 0 Å². The maximum atomic E-state index is 11.6. The summed E-state index contributed by atoms with van der Waals surface area (Å²) in [5, 5.41) is 3.47. The molecule has 20 heavy (non-hydrogen) atoms. The van der Waals surface area contributed by atoms with Crippen LogP contribution in [0.2, 0.25) is 0 Å². The second-order valence-corrected chi connectivity index (χ2v) is 9.49. The molecule has 2 saturated heterocycles. The lowest BCUT2D eigenvalue weighted by Gasteiger charge is -2.34. The predicted octanol–water partition coefficient (Wildman–Crippen LogP) is 2.04. The lowest BCUT2D eigenvalue weighted by atomic mass is 9.83. The van der Waals surface area contributed by atoms with Gasteiger partial charge in [-0.2, -0.15) is 0 Å². The van der Waals surface area contributed by atoms with Crippen LogP contribution in [-0.2, 0) is 14.6 Å². The zero-order valence-corrected chi connectivity index (χ0v) is 13.3. The van der Waals surface area contributed by atoms with Crippen molar-refractivity contribution in [1.29, 1.82) is 0 Å². The number of sulfone groups is 1. The Hall–Kier alpha value is -0.130. The summed E-state index contributed by atoms with van der Waals surface area (Å²) in [6.45, 7) is 2.83. The van der Waals surface area contributed by atoms with Gasteiger partial charge in [0.05, 0.1) is 23.2 Å². The molecule has 3 rings (SSSR count). The minimum absolute atomic E-state index is 0.160. The van der Waals surface area contributed by atoms with Gasteiger partial charge < -0.3 is 10.1 Å². The van der Waals surface area contributed by atoms with Gasteiger partial charge in [0, 0.05) is 12.1 Å². The fourth-order valence-corrected chi connectivity index (χ4v) is 6.24. The molecule has 3 fully saturated rings. The molecular formula is C15H27NO3S. The van der Waals surface area contributed by atoms with Gasteiger partial charge in [-0.15, -0.1) is 0 Å². The van der Waals surface area contributed by atoms with Crippen LogP contribution in [-0.4, -0.2) is 43.7 Å². The molecule has 0 radical (unpaired) electrons. The monoisotopic (exact) mass is 301 g/mol. The van der Waals surface area contributed by atoms with E-state index in [4.69, 9.17) is 4.74 Å². The summed E-state index contributed by atoms with van der Waals surface area (Å²) in [6.07, 6.45) is 9.70. The van der Waals surface area contributed by atoms with Gasteiger partial charge in [0.15, 0.2) is 9.84 Å². The zero-order chi connectivity index (χ0) is 14.3. The summed E-state index contributed by atoms with van der Waals surface area (Å²) in [4.78, 5) is 0. The molecular weight excluding hydrogens is 274 g/mol. The summed E-state index contributed by atoms with van der Waals surface area (Å²) in [6, 6.07) is 0. The average molecular weight is 301 g/mol. The fourth-order valence-electron chi connectivity index (χ4n) is 4.11. The van der Waals surface area contributed by atoms with Gasteiger partial charge >= 0.3 is 0 Å². The van der Waals surface area contributed by atoms with E-state index in [1.54, 1.807) is 0 Å². The van der Waals surface area contributed by atoms with E-state index in [-0.39, 0.29) is 23.0 Å². The maximum absolute atomic E-state index is 11.6. The van der Waals surface area contributed by atoms with Crippen molar-refractivity contribution in [2.45, 2.75) is 75.5 Å². The molecule has 1 saturated carbocycles. The van der Waals surface area contributed by atoms with E-state index in [0.29, 0.717) is 5.75 Å². The van der Waals surface area contributed by atoms with Crippen molar-refractivity contribution in [3.8, 4) is 0 Å². The molecule has 3 aliphatic rings. The summed E-state index contributed by atoms with van der Waals surface area (Å²) in [5.41, 5.74) is -0.0856. The summed E-state index contributed by atoms with van der Waals surface area (Å²) in [7, 11) is -2.83. The lowest BCUT2D eigenvalue weighted by molar-refractivity contribution is -0.0637. The van der Waals surface area contributed by atoms with E-state index in [2.05, 4.69) is 5.32 Å². The molecule has 0 aromatic heterocycles. The largest absolute Gasteiger partial charge is 0.370 e. The van der Waals surface area contributed by atoms with Gasteiger partial charge in [-0.3, -0.25) is 0 Å². The average Bonchev–Trinajstić information content (AvgIpc) is 2.90. The number of rotatable bonds is 3. The Labute approximate surface area is 122 Å². The number of hydrogen-bond acceptors (Lipinski definition) is 4. The predicted molar refractivity (Wildman–Crippen MR) is 79.6 cm³/mol. The summed E-state index contributed by atoms with van der Waals surface area (Å²) in [5.74, 6) is 0.601. The first-order valence-electron chi connectivity index (χ1n) is 8.04. The standard InChI is InChI=1S/C15H27NO3S/c1-14(9-10-20(17,18)12-14)16-11-13-5-8-15(19-13)6-3-2-4-7-15/h13,16H,2-12H2,1H3. The number of nitrogens with one attached hydrogen (secondary N) is 1. The van der Waals surface area contributed by atoms with Crippen molar-refractivity contribution in [1.82, 2.24) is 5.32 Å². The van der Waals surface area contributed by atoms with Crippen LogP contribution in [0.5, 0.6) is 0 Å². The van der Waals surface area contributed by atoms with Crippen molar-refractivity contribution in [2.75, 3.05) is 18.1 Å². The van der Waals surface area contributed by atoms with Crippen LogP contribution in [0.4, 0.5) is 0 Å². The van der Waals surface area contributed by atoms with Gasteiger partial charge in [-0.1, -0.05) is 19.3 Å². The molecule has 1 N–H and O–H groups in total. The van der Waals surface area contributed by atoms with Crippen LogP contribution in [0.3, 0.4) is 0 Å². The van der Waals surface area contributed by atoms with E-state index in [1.807, 2.05) is 6.92 Å². The first kappa shape index (κ1) is 14.8. The highest BCUT2D eigenvalue weighted by molar-refractivity contribution is 7.91. The third kappa shape index (κ3) is 3.20. The van der Waals surface area contributed by atoms with Gasteiger partial charge in [0.25, 0.3) is 0 Å². The Kier molecular flexibility index (Phi) is 3.89. The number of ether oxygens (including phenoxy) is 1. The Balaban J connectivity index is 1.50. The SMILES string of the molecule is CC1(NCC2CCC3(CCCCC3)O2)CCS(=O)(=O)C1. The van der Waals surface area contributed by atoms with E-state index in [9.17, 15) is 8.42 Å². The molecule has 2 aliphatic heterocycles. The van der Waals surface area contributed by atoms with E-state index >= 15 is 0 Å². The molecule has 116 valence electrons. The molecule has 4 nitrogen and oxygen atoms in total. The van der Waals surface area contributed by atoms with Crippen LogP contribution in [0, 0.1) is 0 Å². The third-order valence-corrected chi connectivity index (χ3v) is 7.27. The zero-order valence-electron chi connectivity index (χ0n) is 12.5. The topological polar surface area (TPSA) is 55.4 Å². The van der Waals surface area contributed by atoms with Crippen molar-refractivity contribution in [2.24, 2.45) is 0 Å². The minimum atomic E-state index is -2.83. The lowest BCUT2D eigenvalue weighted by Crippen LogP contribution is -2.47. The molecule has 0 aromatic carbocycles. The molecule has 1 aliphatic carbocycles. The molecule has 0 bridgehead atoms. The molecule has 0 aromatic rings. The van der Waals surface area contributed by atoms with Crippen LogP contribution < -0.4 is 5.32 Å². The van der Waals surface area contributed by atoms with Crippen LogP contribution in [0.1, 0.15) is 58.3 Å². The van der Waals surface area contributed by atoms with Crippen molar-refractivity contribution in [3.63, 3.8) is 0 Å².